The monoisotopic (exact) mass is 297 g/mol. The molecular weight excluding hydrogens is 276 g/mol. The van der Waals surface area contributed by atoms with E-state index >= 15 is 0 Å². The molecule has 1 saturated heterocycles. The van der Waals surface area contributed by atoms with Crippen LogP contribution in [-0.2, 0) is 0 Å². The second kappa shape index (κ2) is 6.39. The van der Waals surface area contributed by atoms with Crippen LogP contribution in [0.4, 0.5) is 14.5 Å². The van der Waals surface area contributed by atoms with Gasteiger partial charge in [-0.05, 0) is 38.1 Å². The Balaban J connectivity index is 2.12. The topological polar surface area (TPSA) is 49.6 Å². The average molecular weight is 297 g/mol. The Bertz CT molecular complexity index is 536. The van der Waals surface area contributed by atoms with Crippen molar-refractivity contribution in [1.82, 2.24) is 9.80 Å². The molecule has 1 aliphatic heterocycles. The number of nitrogens with zero attached hydrogens (tertiary/aromatic N) is 2. The van der Waals surface area contributed by atoms with Crippen LogP contribution in [0.3, 0.4) is 0 Å². The van der Waals surface area contributed by atoms with Gasteiger partial charge in [0.2, 0.25) is 0 Å². The number of benzene rings is 1. The lowest BCUT2D eigenvalue weighted by Crippen LogP contribution is -2.41. The molecule has 0 aromatic heterocycles. The van der Waals surface area contributed by atoms with E-state index in [0.29, 0.717) is 6.54 Å². The van der Waals surface area contributed by atoms with Crippen molar-refractivity contribution in [2.24, 2.45) is 0 Å². The fourth-order valence-corrected chi connectivity index (χ4v) is 2.89. The molecule has 1 aromatic carbocycles. The number of anilines is 1. The van der Waals surface area contributed by atoms with Gasteiger partial charge in [-0.2, -0.15) is 0 Å². The van der Waals surface area contributed by atoms with Gasteiger partial charge in [0.15, 0.2) is 5.82 Å². The van der Waals surface area contributed by atoms with Crippen molar-refractivity contribution < 1.29 is 13.6 Å². The van der Waals surface area contributed by atoms with E-state index in [0.717, 1.165) is 38.1 Å². The molecule has 1 aromatic rings. The van der Waals surface area contributed by atoms with E-state index in [9.17, 15) is 13.6 Å². The van der Waals surface area contributed by atoms with Crippen molar-refractivity contribution >= 4 is 11.6 Å². The van der Waals surface area contributed by atoms with Gasteiger partial charge in [0.05, 0.1) is 11.3 Å². The van der Waals surface area contributed by atoms with Crippen LogP contribution in [-0.4, -0.2) is 48.4 Å². The highest BCUT2D eigenvalue weighted by atomic mass is 19.1. The number of hydrogen-bond donors (Lipinski definition) is 1. The van der Waals surface area contributed by atoms with Gasteiger partial charge in [-0.25, -0.2) is 8.78 Å². The Morgan fingerprint density at radius 1 is 1.48 bits per heavy atom. The highest BCUT2D eigenvalue weighted by Gasteiger charge is 2.27. The second-order valence-electron chi connectivity index (χ2n) is 5.47. The first kappa shape index (κ1) is 15.7. The molecule has 0 radical (unpaired) electrons. The lowest BCUT2D eigenvalue weighted by molar-refractivity contribution is 0.0749. The smallest absolute Gasteiger partial charge is 0.256 e. The maximum absolute atomic E-state index is 13.9. The number of nitrogen functional groups attached to an aromatic ring is 1. The molecule has 1 aliphatic rings. The van der Waals surface area contributed by atoms with E-state index in [1.54, 1.807) is 7.05 Å². The van der Waals surface area contributed by atoms with Gasteiger partial charge in [0.1, 0.15) is 5.82 Å². The summed E-state index contributed by atoms with van der Waals surface area (Å²) in [5.74, 6) is -2.10. The summed E-state index contributed by atoms with van der Waals surface area (Å²) in [5, 5.41) is 0. The molecule has 21 heavy (non-hydrogen) atoms. The van der Waals surface area contributed by atoms with Crippen LogP contribution < -0.4 is 5.73 Å². The quantitative estimate of drug-likeness (QED) is 0.866. The van der Waals surface area contributed by atoms with E-state index in [1.807, 2.05) is 0 Å². The summed E-state index contributed by atoms with van der Waals surface area (Å²) in [6.07, 6.45) is 2.11. The van der Waals surface area contributed by atoms with Crippen molar-refractivity contribution in [2.75, 3.05) is 32.4 Å². The molecule has 2 N–H and O–H groups in total. The average Bonchev–Trinajstić information content (AvgIpc) is 2.89. The fraction of sp³-hybridized carbons (Fsp3) is 0.533. The summed E-state index contributed by atoms with van der Waals surface area (Å²) in [4.78, 5) is 16.0. The summed E-state index contributed by atoms with van der Waals surface area (Å²) in [6, 6.07) is 2.05. The summed E-state index contributed by atoms with van der Waals surface area (Å²) >= 11 is 0. The number of carbonyl (C=O) groups is 1. The highest BCUT2D eigenvalue weighted by Crippen LogP contribution is 2.21. The largest absolute Gasteiger partial charge is 0.396 e. The van der Waals surface area contributed by atoms with E-state index in [-0.39, 0.29) is 17.3 Å². The van der Waals surface area contributed by atoms with Gasteiger partial charge in [0, 0.05) is 19.6 Å². The number of likely N-dealkylation sites (tertiary alicyclic amines) is 1. The van der Waals surface area contributed by atoms with E-state index in [1.165, 1.54) is 4.90 Å². The van der Waals surface area contributed by atoms with Crippen molar-refractivity contribution in [1.29, 1.82) is 0 Å². The number of hydrogen-bond acceptors (Lipinski definition) is 3. The van der Waals surface area contributed by atoms with Gasteiger partial charge < -0.3 is 10.6 Å². The van der Waals surface area contributed by atoms with Crippen LogP contribution in [0.25, 0.3) is 0 Å². The molecule has 1 unspecified atom stereocenters. The Morgan fingerprint density at radius 3 is 2.86 bits per heavy atom. The minimum absolute atomic E-state index is 0.276. The zero-order valence-electron chi connectivity index (χ0n) is 12.4. The minimum atomic E-state index is -0.855. The maximum Gasteiger partial charge on any atom is 0.256 e. The fourth-order valence-electron chi connectivity index (χ4n) is 2.89. The van der Waals surface area contributed by atoms with Crippen LogP contribution >= 0.6 is 0 Å². The van der Waals surface area contributed by atoms with Crippen LogP contribution in [0.15, 0.2) is 12.1 Å². The third-order valence-corrected chi connectivity index (χ3v) is 4.03. The minimum Gasteiger partial charge on any atom is -0.396 e. The predicted octanol–water partition coefficient (Wildman–Crippen LogP) is 2.10. The van der Waals surface area contributed by atoms with Crippen LogP contribution in [0, 0.1) is 11.6 Å². The predicted molar refractivity (Wildman–Crippen MR) is 78.0 cm³/mol. The van der Waals surface area contributed by atoms with Gasteiger partial charge >= 0.3 is 0 Å². The molecule has 0 saturated carbocycles. The molecule has 2 rings (SSSR count). The van der Waals surface area contributed by atoms with Crippen LogP contribution in [0.5, 0.6) is 0 Å². The number of amides is 1. The number of rotatable bonds is 4. The molecule has 1 fully saturated rings. The van der Waals surface area contributed by atoms with Crippen molar-refractivity contribution in [3.8, 4) is 0 Å². The molecule has 0 bridgehead atoms. The number of carbonyl (C=O) groups excluding carboxylic acids is 1. The van der Waals surface area contributed by atoms with Crippen LogP contribution in [0.2, 0.25) is 0 Å². The van der Waals surface area contributed by atoms with Gasteiger partial charge in [-0.3, -0.25) is 9.69 Å². The Labute approximate surface area is 123 Å². The number of halogens is 2. The van der Waals surface area contributed by atoms with Gasteiger partial charge in [0.25, 0.3) is 5.91 Å². The summed E-state index contributed by atoms with van der Waals surface area (Å²) in [6.45, 7) is 4.52. The molecule has 1 heterocycles. The second-order valence-corrected chi connectivity index (χ2v) is 5.47. The van der Waals surface area contributed by atoms with E-state index < -0.39 is 17.5 Å². The number of nitrogens with two attached hydrogens (primary N) is 1. The van der Waals surface area contributed by atoms with Crippen molar-refractivity contribution in [3.63, 3.8) is 0 Å². The zero-order valence-corrected chi connectivity index (χ0v) is 12.4. The molecule has 1 atom stereocenters. The molecular formula is C15H21F2N3O. The van der Waals surface area contributed by atoms with E-state index in [2.05, 4.69) is 11.8 Å². The first-order chi connectivity index (χ1) is 9.93. The summed E-state index contributed by atoms with van der Waals surface area (Å²) in [5.41, 5.74) is 4.72. The molecule has 1 amide bonds. The first-order valence-electron chi connectivity index (χ1n) is 7.18. The molecule has 116 valence electrons. The standard InChI is InChI=1S/C15H21F2N3O/c1-3-20-6-4-5-11(20)9-19(2)15(21)12-7-10(16)8-13(18)14(12)17/h7-8,11H,3-6,9,18H2,1-2H3. The van der Waals surface area contributed by atoms with Gasteiger partial charge in [-0.1, -0.05) is 6.92 Å². The van der Waals surface area contributed by atoms with Crippen molar-refractivity contribution in [2.45, 2.75) is 25.8 Å². The molecule has 6 heteroatoms. The lowest BCUT2D eigenvalue weighted by Gasteiger charge is -2.28. The molecule has 4 nitrogen and oxygen atoms in total. The Hall–Kier alpha value is -1.69. The van der Waals surface area contributed by atoms with Gasteiger partial charge in [-0.15, -0.1) is 0 Å². The van der Waals surface area contributed by atoms with Crippen LogP contribution in [0.1, 0.15) is 30.1 Å². The third kappa shape index (κ3) is 3.32. The maximum atomic E-state index is 13.9. The molecule has 0 spiro atoms. The third-order valence-electron chi connectivity index (χ3n) is 4.03. The van der Waals surface area contributed by atoms with E-state index in [4.69, 9.17) is 5.73 Å². The zero-order chi connectivity index (χ0) is 15.6. The lowest BCUT2D eigenvalue weighted by atomic mass is 10.1. The number of likely N-dealkylation sites (N-methyl/N-ethyl adjacent to an activating group) is 2. The Kier molecular flexibility index (Phi) is 4.77. The SMILES string of the molecule is CCN1CCCC1CN(C)C(=O)c1cc(F)cc(N)c1F. The summed E-state index contributed by atoms with van der Waals surface area (Å²) < 4.78 is 27.2. The first-order valence-corrected chi connectivity index (χ1v) is 7.18. The molecule has 0 aliphatic carbocycles. The Morgan fingerprint density at radius 2 is 2.19 bits per heavy atom. The highest BCUT2D eigenvalue weighted by molar-refractivity contribution is 5.95. The normalized spacial score (nSPS) is 19.0. The summed E-state index contributed by atoms with van der Waals surface area (Å²) in [7, 11) is 1.61. The van der Waals surface area contributed by atoms with Crippen molar-refractivity contribution in [3.05, 3.63) is 29.3 Å².